The number of azide groups is 1. The minimum absolute atomic E-state index is 0.325. The van der Waals surface area contributed by atoms with Crippen molar-refractivity contribution in [1.29, 1.82) is 0 Å². The standard InChI is InChI=1S/C10H9N3O2/c11-13-12-5-8-1-3-9(4-2-8)10(6-14)7-15-10/h1-4,6H,5,7H2. The fourth-order valence-corrected chi connectivity index (χ4v) is 1.39. The molecular formula is C10H9N3O2. The average molecular weight is 203 g/mol. The molecule has 0 amide bonds. The van der Waals surface area contributed by atoms with Crippen LogP contribution < -0.4 is 0 Å². The van der Waals surface area contributed by atoms with Crippen LogP contribution >= 0.6 is 0 Å². The Morgan fingerprint density at radius 2 is 2.20 bits per heavy atom. The average Bonchev–Trinajstić information content (AvgIpc) is 3.08. The summed E-state index contributed by atoms with van der Waals surface area (Å²) in [5, 5.41) is 3.45. The lowest BCUT2D eigenvalue weighted by atomic mass is 10.0. The number of nitrogens with zero attached hydrogens (tertiary/aromatic N) is 3. The van der Waals surface area contributed by atoms with E-state index in [4.69, 9.17) is 10.3 Å². The molecule has 1 aliphatic rings. The minimum Gasteiger partial charge on any atom is -0.356 e. The molecule has 0 bridgehead atoms. The Balaban J connectivity index is 2.17. The van der Waals surface area contributed by atoms with Crippen LogP contribution in [0.1, 0.15) is 11.1 Å². The van der Waals surface area contributed by atoms with Crippen molar-refractivity contribution in [1.82, 2.24) is 0 Å². The normalized spacial score (nSPS) is 22.9. The van der Waals surface area contributed by atoms with Gasteiger partial charge in [-0.1, -0.05) is 29.4 Å². The van der Waals surface area contributed by atoms with Crippen LogP contribution in [0.4, 0.5) is 0 Å². The first-order valence-corrected chi connectivity index (χ1v) is 4.51. The monoisotopic (exact) mass is 203 g/mol. The summed E-state index contributed by atoms with van der Waals surface area (Å²) >= 11 is 0. The smallest absolute Gasteiger partial charge is 0.171 e. The van der Waals surface area contributed by atoms with E-state index in [-0.39, 0.29) is 0 Å². The predicted molar refractivity (Wildman–Crippen MR) is 53.0 cm³/mol. The van der Waals surface area contributed by atoms with Gasteiger partial charge in [0.15, 0.2) is 11.9 Å². The maximum Gasteiger partial charge on any atom is 0.171 e. The number of hydrogen-bond donors (Lipinski definition) is 0. The van der Waals surface area contributed by atoms with Crippen molar-refractivity contribution in [2.75, 3.05) is 6.61 Å². The SMILES string of the molecule is [N-]=[N+]=NCc1ccc(C2(C=O)CO2)cc1. The van der Waals surface area contributed by atoms with Crippen LogP contribution in [-0.4, -0.2) is 12.9 Å². The van der Waals surface area contributed by atoms with Crippen LogP contribution in [0.5, 0.6) is 0 Å². The van der Waals surface area contributed by atoms with Crippen molar-refractivity contribution < 1.29 is 9.53 Å². The molecule has 0 N–H and O–H groups in total. The first-order chi connectivity index (χ1) is 7.30. The lowest BCUT2D eigenvalue weighted by molar-refractivity contribution is -0.112. The van der Waals surface area contributed by atoms with Crippen molar-refractivity contribution in [2.24, 2.45) is 5.11 Å². The molecule has 1 saturated heterocycles. The van der Waals surface area contributed by atoms with Crippen LogP contribution in [0.15, 0.2) is 29.4 Å². The van der Waals surface area contributed by atoms with Crippen LogP contribution in [0, 0.1) is 0 Å². The van der Waals surface area contributed by atoms with Crippen LogP contribution in [-0.2, 0) is 21.7 Å². The van der Waals surface area contributed by atoms with Crippen molar-refractivity contribution >= 4 is 6.29 Å². The molecule has 15 heavy (non-hydrogen) atoms. The van der Waals surface area contributed by atoms with Gasteiger partial charge in [0.2, 0.25) is 0 Å². The maximum atomic E-state index is 10.8. The highest BCUT2D eigenvalue weighted by atomic mass is 16.6. The summed E-state index contributed by atoms with van der Waals surface area (Å²) in [6, 6.07) is 7.31. The van der Waals surface area contributed by atoms with Gasteiger partial charge in [-0.05, 0) is 16.7 Å². The highest BCUT2D eigenvalue weighted by Crippen LogP contribution is 2.36. The predicted octanol–water partition coefficient (Wildman–Crippen LogP) is 1.92. The van der Waals surface area contributed by atoms with Gasteiger partial charge < -0.3 is 4.74 Å². The third kappa shape index (κ3) is 1.83. The lowest BCUT2D eigenvalue weighted by Gasteiger charge is -2.04. The highest BCUT2D eigenvalue weighted by molar-refractivity contribution is 5.69. The van der Waals surface area contributed by atoms with Crippen LogP contribution in [0.25, 0.3) is 10.4 Å². The Kier molecular flexibility index (Phi) is 2.41. The molecule has 1 heterocycles. The molecule has 1 aromatic rings. The molecule has 1 unspecified atom stereocenters. The highest BCUT2D eigenvalue weighted by Gasteiger charge is 2.46. The van der Waals surface area contributed by atoms with E-state index in [2.05, 4.69) is 10.0 Å². The van der Waals surface area contributed by atoms with Gasteiger partial charge in [0.25, 0.3) is 0 Å². The Labute approximate surface area is 86.3 Å². The molecule has 1 aromatic carbocycles. The largest absolute Gasteiger partial charge is 0.356 e. The maximum absolute atomic E-state index is 10.8. The quantitative estimate of drug-likeness (QED) is 0.246. The molecule has 5 nitrogen and oxygen atoms in total. The second kappa shape index (κ2) is 3.73. The van der Waals surface area contributed by atoms with Crippen LogP contribution in [0.3, 0.4) is 0 Å². The number of aldehydes is 1. The van der Waals surface area contributed by atoms with E-state index in [0.717, 1.165) is 17.4 Å². The fraction of sp³-hybridized carbons (Fsp3) is 0.300. The minimum atomic E-state index is -0.711. The van der Waals surface area contributed by atoms with E-state index in [1.807, 2.05) is 24.3 Å². The number of rotatable bonds is 4. The number of benzene rings is 1. The van der Waals surface area contributed by atoms with E-state index < -0.39 is 5.60 Å². The Morgan fingerprint density at radius 1 is 1.53 bits per heavy atom. The molecule has 1 aliphatic heterocycles. The van der Waals surface area contributed by atoms with Crippen molar-refractivity contribution in [3.8, 4) is 0 Å². The molecule has 76 valence electrons. The van der Waals surface area contributed by atoms with Gasteiger partial charge in [0, 0.05) is 4.91 Å². The second-order valence-electron chi connectivity index (χ2n) is 3.38. The molecule has 0 spiro atoms. The Hall–Kier alpha value is -1.84. The number of carbonyl (C=O) groups is 1. The topological polar surface area (TPSA) is 78.4 Å². The summed E-state index contributed by atoms with van der Waals surface area (Å²) in [6.45, 7) is 0.776. The van der Waals surface area contributed by atoms with E-state index in [9.17, 15) is 4.79 Å². The van der Waals surface area contributed by atoms with Crippen LogP contribution in [0.2, 0.25) is 0 Å². The summed E-state index contributed by atoms with van der Waals surface area (Å²) in [6.07, 6.45) is 0.815. The third-order valence-electron chi connectivity index (χ3n) is 2.40. The number of epoxide rings is 1. The summed E-state index contributed by atoms with van der Waals surface area (Å²) in [5.74, 6) is 0. The first-order valence-electron chi connectivity index (χ1n) is 4.51. The zero-order valence-electron chi connectivity index (χ0n) is 7.96. The molecule has 2 rings (SSSR count). The fourth-order valence-electron chi connectivity index (χ4n) is 1.39. The van der Waals surface area contributed by atoms with E-state index in [1.165, 1.54) is 0 Å². The van der Waals surface area contributed by atoms with E-state index in [0.29, 0.717) is 13.2 Å². The zero-order valence-corrected chi connectivity index (χ0v) is 7.96. The molecule has 0 saturated carbocycles. The summed E-state index contributed by atoms with van der Waals surface area (Å²) in [5.41, 5.74) is 9.20. The molecule has 1 fully saturated rings. The zero-order chi connectivity index (χ0) is 10.7. The van der Waals surface area contributed by atoms with Gasteiger partial charge in [-0.15, -0.1) is 0 Å². The van der Waals surface area contributed by atoms with Gasteiger partial charge in [-0.3, -0.25) is 4.79 Å². The Morgan fingerprint density at radius 3 is 2.67 bits per heavy atom. The number of carbonyl (C=O) groups excluding carboxylic acids is 1. The van der Waals surface area contributed by atoms with Crippen molar-refractivity contribution in [2.45, 2.75) is 12.1 Å². The van der Waals surface area contributed by atoms with Gasteiger partial charge in [0.1, 0.15) is 0 Å². The van der Waals surface area contributed by atoms with Gasteiger partial charge in [0.05, 0.1) is 13.2 Å². The Bertz CT molecular complexity index is 417. The van der Waals surface area contributed by atoms with E-state index in [1.54, 1.807) is 0 Å². The van der Waals surface area contributed by atoms with Gasteiger partial charge >= 0.3 is 0 Å². The third-order valence-corrected chi connectivity index (χ3v) is 2.40. The molecule has 0 radical (unpaired) electrons. The molecule has 0 aromatic heterocycles. The van der Waals surface area contributed by atoms with Gasteiger partial charge in [-0.25, -0.2) is 0 Å². The number of hydrogen-bond acceptors (Lipinski definition) is 3. The molecule has 1 atom stereocenters. The molecular weight excluding hydrogens is 194 g/mol. The molecule has 0 aliphatic carbocycles. The second-order valence-corrected chi connectivity index (χ2v) is 3.38. The van der Waals surface area contributed by atoms with Gasteiger partial charge in [-0.2, -0.15) is 0 Å². The summed E-state index contributed by atoms with van der Waals surface area (Å²) in [4.78, 5) is 13.4. The first kappa shape index (κ1) is 9.71. The summed E-state index contributed by atoms with van der Waals surface area (Å²) in [7, 11) is 0. The molecule has 5 heteroatoms. The van der Waals surface area contributed by atoms with E-state index >= 15 is 0 Å². The lowest BCUT2D eigenvalue weighted by Crippen LogP contribution is -2.09. The van der Waals surface area contributed by atoms with Crippen molar-refractivity contribution in [3.05, 3.63) is 45.8 Å². The number of ether oxygens (including phenoxy) is 1. The summed E-state index contributed by atoms with van der Waals surface area (Å²) < 4.78 is 5.10. The van der Waals surface area contributed by atoms with Crippen molar-refractivity contribution in [3.63, 3.8) is 0 Å².